The third kappa shape index (κ3) is 4.70. The van der Waals surface area contributed by atoms with Crippen LogP contribution in [0.1, 0.15) is 0 Å². The van der Waals surface area contributed by atoms with E-state index in [1.165, 1.54) is 0 Å². The fourth-order valence-electron chi connectivity index (χ4n) is 0.643. The van der Waals surface area contributed by atoms with Gasteiger partial charge in [-0.15, -0.1) is 0 Å². The summed E-state index contributed by atoms with van der Waals surface area (Å²) in [6.07, 6.45) is 2.13. The van der Waals surface area contributed by atoms with Crippen molar-refractivity contribution in [2.24, 2.45) is 0 Å². The molecule has 0 fully saturated rings. The molecule has 64 valence electrons. The Morgan fingerprint density at radius 2 is 1.50 bits per heavy atom. The van der Waals surface area contributed by atoms with E-state index in [0.29, 0.717) is 0 Å². The maximum absolute atomic E-state index is 4.93. The number of benzene rings is 1. The molecule has 0 aromatic heterocycles. The lowest BCUT2D eigenvalue weighted by Crippen LogP contribution is -1.72. The van der Waals surface area contributed by atoms with Crippen LogP contribution < -0.4 is 0 Å². The molecule has 0 bridgehead atoms. The zero-order valence-electron chi connectivity index (χ0n) is 6.55. The molecule has 1 aliphatic rings. The van der Waals surface area contributed by atoms with Crippen LogP contribution in [0.5, 0.6) is 0 Å². The lowest BCUT2D eigenvalue weighted by molar-refractivity contribution is 1.72. The Morgan fingerprint density at radius 3 is 1.67 bits per heavy atom. The predicted molar refractivity (Wildman–Crippen MR) is 62.8 cm³/mol. The van der Waals surface area contributed by atoms with Gasteiger partial charge in [-0.25, -0.2) is 0 Å². The van der Waals surface area contributed by atoms with E-state index in [1.807, 2.05) is 36.4 Å². The zero-order chi connectivity index (χ0) is 8.65. The highest BCUT2D eigenvalue weighted by Gasteiger charge is 1.93. The molecule has 3 heteroatoms. The molecule has 0 aliphatic carbocycles. The predicted octanol–water partition coefficient (Wildman–Crippen LogP) is 2.93. The molecule has 12 heavy (non-hydrogen) atoms. The number of hydrogen-bond acceptors (Lipinski definition) is 2. The van der Waals surface area contributed by atoms with Gasteiger partial charge in [-0.05, 0) is 16.6 Å². The first kappa shape index (κ1) is 9.96. The molecule has 0 nitrogen and oxygen atoms in total. The van der Waals surface area contributed by atoms with E-state index < -0.39 is 0 Å². The lowest BCUT2D eigenvalue weighted by atomic mass is 10.4. The summed E-state index contributed by atoms with van der Waals surface area (Å²) in [7, 11) is 1.98. The maximum Gasteiger partial charge on any atom is 0.0269 e. The minimum atomic E-state index is 0.216. The van der Waals surface area contributed by atoms with Crippen molar-refractivity contribution in [3.8, 4) is 0 Å². The second kappa shape index (κ2) is 6.40. The summed E-state index contributed by atoms with van der Waals surface area (Å²) < 4.78 is 0. The van der Waals surface area contributed by atoms with Crippen LogP contribution in [-0.2, 0) is 19.7 Å². The molecule has 1 unspecified atom stereocenters. The number of rotatable bonds is 0. The smallest absolute Gasteiger partial charge is 0.0269 e. The molecule has 1 atom stereocenters. The summed E-state index contributed by atoms with van der Waals surface area (Å²) in [6, 6.07) is 12.0. The topological polar surface area (TPSA) is 0 Å². The Kier molecular flexibility index (Phi) is 5.32. The van der Waals surface area contributed by atoms with Crippen LogP contribution in [0.2, 0.25) is 0 Å². The molecule has 0 saturated heterocycles. The van der Waals surface area contributed by atoms with Gasteiger partial charge in [-0.3, -0.25) is 0 Å². The summed E-state index contributed by atoms with van der Waals surface area (Å²) in [5, 5.41) is 2.08. The zero-order valence-corrected chi connectivity index (χ0v) is 9.00. The Labute approximate surface area is 84.1 Å². The first-order chi connectivity index (χ1) is 5.89. The maximum atomic E-state index is 4.93. The Balaban J connectivity index is 0.000000120. The van der Waals surface area contributed by atoms with Gasteiger partial charge in [0, 0.05) is 5.75 Å². The number of hydrogen-bond donors (Lipinski definition) is 0. The van der Waals surface area contributed by atoms with Gasteiger partial charge in [0.1, 0.15) is 0 Å². The molecule has 0 saturated carbocycles. The Hall–Kier alpha value is -0.120. The van der Waals surface area contributed by atoms with E-state index >= 15 is 0 Å². The van der Waals surface area contributed by atoms with Crippen LogP contribution in [-0.4, -0.2) is 5.75 Å². The fraction of sp³-hybridized carbons (Fsp3) is 0.111. The van der Waals surface area contributed by atoms with Gasteiger partial charge >= 0.3 is 0 Å². The van der Waals surface area contributed by atoms with Crippen molar-refractivity contribution in [3.63, 3.8) is 0 Å². The van der Waals surface area contributed by atoms with Crippen molar-refractivity contribution in [2.75, 3.05) is 5.75 Å². The molecule has 0 amide bonds. The summed E-state index contributed by atoms with van der Waals surface area (Å²) in [5.41, 5.74) is 0. The van der Waals surface area contributed by atoms with Gasteiger partial charge < -0.3 is 0 Å². The average Bonchev–Trinajstić information content (AvgIpc) is 2.60. The van der Waals surface area contributed by atoms with E-state index in [0.717, 1.165) is 5.75 Å². The summed E-state index contributed by atoms with van der Waals surface area (Å²) in [4.78, 5) is 0. The van der Waals surface area contributed by atoms with Crippen LogP contribution in [0, 0.1) is 0 Å². The van der Waals surface area contributed by atoms with Crippen molar-refractivity contribution in [1.82, 2.24) is 0 Å². The van der Waals surface area contributed by atoms with Crippen molar-refractivity contribution >= 4 is 30.5 Å². The molecule has 1 aliphatic heterocycles. The van der Waals surface area contributed by atoms with Crippen molar-refractivity contribution < 1.29 is 0 Å². The largest absolute Gasteiger partial charge is 0.0662 e. The van der Waals surface area contributed by atoms with Crippen LogP contribution >= 0.6 is 10.8 Å². The minimum absolute atomic E-state index is 0.216. The first-order valence-corrected chi connectivity index (χ1v) is 7.31. The molecule has 1 heterocycles. The lowest BCUT2D eigenvalue weighted by Gasteiger charge is -1.80. The quantitative estimate of drug-likeness (QED) is 0.609. The summed E-state index contributed by atoms with van der Waals surface area (Å²) >= 11 is 4.93. The standard InChI is InChI=1S/C6H6.C3H4S3/c1-2-4-6-5-3-1;4-6-3-1-2-5-6/h1-6H;1-2H,3H2. The van der Waals surface area contributed by atoms with Crippen LogP contribution in [0.25, 0.3) is 0 Å². The van der Waals surface area contributed by atoms with E-state index in [-0.39, 0.29) is 8.49 Å². The van der Waals surface area contributed by atoms with Crippen molar-refractivity contribution in [3.05, 3.63) is 47.9 Å². The van der Waals surface area contributed by atoms with E-state index in [1.54, 1.807) is 10.8 Å². The molecular weight excluding hydrogens is 204 g/mol. The molecular formula is C9H10S3. The normalized spacial score (nSPS) is 19.8. The van der Waals surface area contributed by atoms with Gasteiger partial charge in [-0.2, -0.15) is 0 Å². The molecule has 1 aromatic carbocycles. The molecule has 0 N–H and O–H groups in total. The molecule has 1 aromatic rings. The van der Waals surface area contributed by atoms with Gasteiger partial charge in [0.05, 0.1) is 0 Å². The van der Waals surface area contributed by atoms with Gasteiger partial charge in [0.2, 0.25) is 0 Å². The molecule has 0 spiro atoms. The van der Waals surface area contributed by atoms with Crippen LogP contribution in [0.4, 0.5) is 0 Å². The highest BCUT2D eigenvalue weighted by molar-refractivity contribution is 8.84. The van der Waals surface area contributed by atoms with E-state index in [9.17, 15) is 0 Å². The molecule has 0 radical (unpaired) electrons. The Bertz CT molecular complexity index is 217. The average molecular weight is 214 g/mol. The highest BCUT2D eigenvalue weighted by atomic mass is 33.3. The van der Waals surface area contributed by atoms with Crippen LogP contribution in [0.15, 0.2) is 47.9 Å². The second-order valence-corrected chi connectivity index (χ2v) is 7.12. The summed E-state index contributed by atoms with van der Waals surface area (Å²) in [6.45, 7) is 0. The fourth-order valence-corrected chi connectivity index (χ4v) is 3.12. The van der Waals surface area contributed by atoms with E-state index in [4.69, 9.17) is 11.2 Å². The van der Waals surface area contributed by atoms with Crippen molar-refractivity contribution in [2.45, 2.75) is 0 Å². The Morgan fingerprint density at radius 1 is 1.00 bits per heavy atom. The summed E-state index contributed by atoms with van der Waals surface area (Å²) in [5.74, 6) is 1.11. The minimum Gasteiger partial charge on any atom is -0.0662 e. The van der Waals surface area contributed by atoms with Gasteiger partial charge in [0.15, 0.2) is 0 Å². The SMILES string of the molecule is S=S1CC=CS1.c1ccccc1. The highest BCUT2D eigenvalue weighted by Crippen LogP contribution is 2.16. The second-order valence-electron chi connectivity index (χ2n) is 2.09. The van der Waals surface area contributed by atoms with Crippen LogP contribution in [0.3, 0.4) is 0 Å². The van der Waals surface area contributed by atoms with Gasteiger partial charge in [0.25, 0.3) is 0 Å². The van der Waals surface area contributed by atoms with E-state index in [2.05, 4.69) is 11.5 Å². The monoisotopic (exact) mass is 214 g/mol. The van der Waals surface area contributed by atoms with Crippen molar-refractivity contribution in [1.29, 1.82) is 0 Å². The first-order valence-electron chi connectivity index (χ1n) is 3.60. The third-order valence-corrected chi connectivity index (χ3v) is 4.64. The third-order valence-electron chi connectivity index (χ3n) is 1.16. The molecule has 2 rings (SSSR count). The van der Waals surface area contributed by atoms with Gasteiger partial charge in [-0.1, -0.05) is 61.8 Å².